The Hall–Kier alpha value is -0.940. The quantitative estimate of drug-likeness (QED) is 0.840. The van der Waals surface area contributed by atoms with Gasteiger partial charge in [0.25, 0.3) is 5.91 Å². The molecule has 2 fully saturated rings. The Morgan fingerprint density at radius 3 is 2.89 bits per heavy atom. The summed E-state index contributed by atoms with van der Waals surface area (Å²) >= 11 is 1.44. The van der Waals surface area contributed by atoms with Crippen molar-refractivity contribution in [3.63, 3.8) is 0 Å². The summed E-state index contributed by atoms with van der Waals surface area (Å²) < 4.78 is 0. The van der Waals surface area contributed by atoms with Crippen molar-refractivity contribution in [3.8, 4) is 0 Å². The van der Waals surface area contributed by atoms with E-state index in [2.05, 4.69) is 10.3 Å². The van der Waals surface area contributed by atoms with E-state index in [1.54, 1.807) is 5.51 Å². The normalized spacial score (nSPS) is 20.9. The summed E-state index contributed by atoms with van der Waals surface area (Å²) in [7, 11) is 0. The third-order valence-corrected chi connectivity index (χ3v) is 5.29. The molecule has 1 amide bonds. The van der Waals surface area contributed by atoms with Gasteiger partial charge in [-0.25, -0.2) is 4.98 Å². The maximum atomic E-state index is 12.2. The number of nitrogens with zero attached hydrogens (tertiary/aromatic N) is 1. The topological polar surface area (TPSA) is 62.2 Å². The minimum absolute atomic E-state index is 0.0219. The number of carbonyl (C=O) groups excluding carboxylic acids is 1. The lowest BCUT2D eigenvalue weighted by Crippen LogP contribution is -2.42. The van der Waals surface area contributed by atoms with E-state index in [0.717, 1.165) is 29.8 Å². The zero-order valence-corrected chi connectivity index (χ0v) is 11.8. The molecule has 0 aromatic carbocycles. The summed E-state index contributed by atoms with van der Waals surface area (Å²) in [6, 6.07) is 0. The summed E-state index contributed by atoms with van der Waals surface area (Å²) in [5, 5.41) is 12.2. The molecule has 0 unspecified atom stereocenters. The largest absolute Gasteiger partial charge is 0.396 e. The van der Waals surface area contributed by atoms with E-state index in [4.69, 9.17) is 5.11 Å². The highest BCUT2D eigenvalue weighted by atomic mass is 32.1. The van der Waals surface area contributed by atoms with E-state index in [1.165, 1.54) is 30.6 Å². The van der Waals surface area contributed by atoms with Crippen molar-refractivity contribution in [1.82, 2.24) is 10.3 Å². The number of hydrogen-bond acceptors (Lipinski definition) is 4. The molecular formula is C14H20N2O2S. The van der Waals surface area contributed by atoms with Crippen LogP contribution in [0, 0.1) is 5.41 Å². The molecular weight excluding hydrogens is 260 g/mol. The summed E-state index contributed by atoms with van der Waals surface area (Å²) in [6.45, 7) is 0.901. The van der Waals surface area contributed by atoms with Gasteiger partial charge >= 0.3 is 0 Å². The Morgan fingerprint density at radius 1 is 1.53 bits per heavy atom. The molecule has 19 heavy (non-hydrogen) atoms. The molecule has 0 bridgehead atoms. The second kappa shape index (κ2) is 5.21. The van der Waals surface area contributed by atoms with Crippen molar-refractivity contribution in [3.05, 3.63) is 16.1 Å². The number of aliphatic hydroxyl groups is 1. The van der Waals surface area contributed by atoms with Gasteiger partial charge in [-0.3, -0.25) is 4.79 Å². The number of carbonyl (C=O) groups is 1. The third-order valence-electron chi connectivity index (χ3n) is 4.45. The molecule has 0 aliphatic heterocycles. The van der Waals surface area contributed by atoms with Gasteiger partial charge in [-0.1, -0.05) is 6.42 Å². The fourth-order valence-electron chi connectivity index (χ4n) is 2.85. The van der Waals surface area contributed by atoms with Crippen LogP contribution in [0.5, 0.6) is 0 Å². The Kier molecular flexibility index (Phi) is 3.58. The lowest BCUT2D eigenvalue weighted by Gasteiger charge is -2.41. The molecule has 3 rings (SSSR count). The summed E-state index contributed by atoms with van der Waals surface area (Å²) in [6.07, 6.45) is 6.57. The highest BCUT2D eigenvalue weighted by Gasteiger charge is 2.37. The maximum Gasteiger partial charge on any atom is 0.263 e. The van der Waals surface area contributed by atoms with E-state index >= 15 is 0 Å². The number of hydrogen-bond donors (Lipinski definition) is 2. The summed E-state index contributed by atoms with van der Waals surface area (Å²) in [5.41, 5.74) is 2.91. The first-order chi connectivity index (χ1) is 9.24. The van der Waals surface area contributed by atoms with Crippen LogP contribution in [0.2, 0.25) is 0 Å². The third kappa shape index (κ3) is 2.67. The fraction of sp³-hybridized carbons (Fsp3) is 0.714. The van der Waals surface area contributed by atoms with Crippen LogP contribution < -0.4 is 5.32 Å². The Bertz CT molecular complexity index is 464. The molecule has 4 nitrogen and oxygen atoms in total. The predicted octanol–water partition coefficient (Wildman–Crippen LogP) is 2.30. The number of thiazole rings is 1. The number of nitrogens with one attached hydrogen (secondary N) is 1. The Morgan fingerprint density at radius 2 is 2.32 bits per heavy atom. The molecule has 0 spiro atoms. The minimum Gasteiger partial charge on any atom is -0.396 e. The average molecular weight is 280 g/mol. The smallest absolute Gasteiger partial charge is 0.263 e. The van der Waals surface area contributed by atoms with Crippen molar-refractivity contribution >= 4 is 17.2 Å². The van der Waals surface area contributed by atoms with Crippen LogP contribution in [0.15, 0.2) is 5.51 Å². The van der Waals surface area contributed by atoms with Gasteiger partial charge in [-0.2, -0.15) is 0 Å². The zero-order chi connectivity index (χ0) is 13.3. The van der Waals surface area contributed by atoms with Crippen molar-refractivity contribution in [2.75, 3.05) is 13.2 Å². The van der Waals surface area contributed by atoms with Gasteiger partial charge in [-0.05, 0) is 37.5 Å². The van der Waals surface area contributed by atoms with Crippen LogP contribution >= 0.6 is 11.3 Å². The van der Waals surface area contributed by atoms with E-state index in [-0.39, 0.29) is 17.9 Å². The van der Waals surface area contributed by atoms with Crippen molar-refractivity contribution in [2.45, 2.75) is 44.4 Å². The Balaban J connectivity index is 1.60. The monoisotopic (exact) mass is 280 g/mol. The molecule has 1 aromatic rings. The van der Waals surface area contributed by atoms with Gasteiger partial charge in [0.2, 0.25) is 0 Å². The summed E-state index contributed by atoms with van der Waals surface area (Å²) in [5.74, 6) is 0.538. The molecule has 0 saturated heterocycles. The second-order valence-electron chi connectivity index (χ2n) is 5.85. The van der Waals surface area contributed by atoms with Crippen molar-refractivity contribution in [2.24, 2.45) is 5.41 Å². The van der Waals surface area contributed by atoms with Gasteiger partial charge in [0, 0.05) is 19.1 Å². The first-order valence-corrected chi connectivity index (χ1v) is 7.94. The maximum absolute atomic E-state index is 12.2. The van der Waals surface area contributed by atoms with Crippen molar-refractivity contribution in [1.29, 1.82) is 0 Å². The lowest BCUT2D eigenvalue weighted by atomic mass is 9.67. The molecule has 5 heteroatoms. The first-order valence-electron chi connectivity index (χ1n) is 7.06. The van der Waals surface area contributed by atoms with Gasteiger partial charge in [-0.15, -0.1) is 11.3 Å². The molecule has 2 aliphatic carbocycles. The van der Waals surface area contributed by atoms with Crippen LogP contribution in [0.4, 0.5) is 0 Å². The zero-order valence-electron chi connectivity index (χ0n) is 11.0. The molecule has 2 aliphatic rings. The Labute approximate surface area is 117 Å². The molecule has 2 N–H and O–H groups in total. The predicted molar refractivity (Wildman–Crippen MR) is 74.4 cm³/mol. The van der Waals surface area contributed by atoms with Crippen LogP contribution in [0.1, 0.15) is 59.8 Å². The van der Waals surface area contributed by atoms with Crippen LogP contribution in [-0.4, -0.2) is 29.1 Å². The van der Waals surface area contributed by atoms with E-state index in [9.17, 15) is 4.79 Å². The number of rotatable bonds is 6. The lowest BCUT2D eigenvalue weighted by molar-refractivity contribution is 0.0734. The van der Waals surface area contributed by atoms with Gasteiger partial charge in [0.15, 0.2) is 0 Å². The van der Waals surface area contributed by atoms with E-state index in [1.807, 2.05) is 0 Å². The van der Waals surface area contributed by atoms with Gasteiger partial charge in [0.1, 0.15) is 4.88 Å². The average Bonchev–Trinajstić information content (AvgIpc) is 3.09. The molecule has 0 radical (unpaired) electrons. The molecule has 0 atom stereocenters. The number of aromatic nitrogens is 1. The fourth-order valence-corrected chi connectivity index (χ4v) is 3.64. The SMILES string of the molecule is O=C(NCC1(CCO)CCC1)c1scnc1C1CC1. The molecule has 104 valence electrons. The number of amides is 1. The standard InChI is InChI=1S/C14H20N2O2S/c17-7-6-14(4-1-5-14)8-15-13(18)12-11(10-2-3-10)16-9-19-12/h9-10,17H,1-8H2,(H,15,18). The minimum atomic E-state index is 0.0219. The van der Waals surface area contributed by atoms with Crippen LogP contribution in [0.25, 0.3) is 0 Å². The van der Waals surface area contributed by atoms with Crippen LogP contribution in [0.3, 0.4) is 0 Å². The second-order valence-corrected chi connectivity index (χ2v) is 6.71. The van der Waals surface area contributed by atoms with Crippen molar-refractivity contribution < 1.29 is 9.90 Å². The molecule has 1 heterocycles. The van der Waals surface area contributed by atoms with Crippen LogP contribution in [-0.2, 0) is 0 Å². The van der Waals surface area contributed by atoms with Gasteiger partial charge < -0.3 is 10.4 Å². The highest BCUT2D eigenvalue weighted by molar-refractivity contribution is 7.11. The van der Waals surface area contributed by atoms with E-state index in [0.29, 0.717) is 12.5 Å². The molecule has 2 saturated carbocycles. The number of aliphatic hydroxyl groups excluding tert-OH is 1. The first kappa shape index (κ1) is 13.1. The summed E-state index contributed by atoms with van der Waals surface area (Å²) in [4.78, 5) is 17.4. The highest BCUT2D eigenvalue weighted by Crippen LogP contribution is 2.44. The molecule has 1 aromatic heterocycles. The van der Waals surface area contributed by atoms with E-state index < -0.39 is 0 Å². The van der Waals surface area contributed by atoms with Gasteiger partial charge in [0.05, 0.1) is 11.2 Å².